The highest BCUT2D eigenvalue weighted by Crippen LogP contribution is 2.37. The van der Waals surface area contributed by atoms with E-state index in [1.54, 1.807) is 7.11 Å². The smallest absolute Gasteiger partial charge is 0.400 e. The molecule has 0 radical (unpaired) electrons. The van der Waals surface area contributed by atoms with E-state index in [9.17, 15) is 0 Å². The van der Waals surface area contributed by atoms with Gasteiger partial charge in [-0.1, -0.05) is 12.6 Å². The van der Waals surface area contributed by atoms with Crippen LogP contribution in [0.4, 0.5) is 0 Å². The molecule has 0 aromatic carbocycles. The Balaban J connectivity index is 0.000000705. The van der Waals surface area contributed by atoms with Crippen LogP contribution in [0.25, 0.3) is 12.2 Å². The number of aromatic nitrogens is 2. The van der Waals surface area contributed by atoms with Gasteiger partial charge in [-0.25, -0.2) is 4.45 Å². The summed E-state index contributed by atoms with van der Waals surface area (Å²) in [5.41, 5.74) is 2.50. The summed E-state index contributed by atoms with van der Waals surface area (Å²) in [6.45, 7) is 16.9. The van der Waals surface area contributed by atoms with Crippen LogP contribution in [-0.2, 0) is 14.0 Å². The lowest BCUT2D eigenvalue weighted by Gasteiger charge is -2.32. The standard InChI is InChI=1S/C14H21BIN2O2P.C3H8O/c1-7-12-10(2)11(17-18(12)21-16)8-9-15-19-13(3,4)14(5,6)20-15;1-3-4-2/h7-9,21H,1H2,2-6H3;3H2,1-2H3/b9-8+;. The van der Waals surface area contributed by atoms with Crippen LogP contribution in [0.3, 0.4) is 0 Å². The molecule has 0 aliphatic carbocycles. The molecule has 0 saturated carbocycles. The molecule has 0 amide bonds. The van der Waals surface area contributed by atoms with E-state index >= 15 is 0 Å². The average molecular weight is 478 g/mol. The number of hydrogen-bond acceptors (Lipinski definition) is 4. The van der Waals surface area contributed by atoms with Crippen molar-refractivity contribution in [2.45, 2.75) is 52.7 Å². The summed E-state index contributed by atoms with van der Waals surface area (Å²) in [5.74, 6) is 1.93. The van der Waals surface area contributed by atoms with Crippen molar-refractivity contribution in [2.75, 3.05) is 13.7 Å². The predicted molar refractivity (Wildman–Crippen MR) is 117 cm³/mol. The summed E-state index contributed by atoms with van der Waals surface area (Å²) < 4.78 is 18.4. The summed E-state index contributed by atoms with van der Waals surface area (Å²) in [7, 11) is 1.34. The molecule has 1 aromatic heterocycles. The topological polar surface area (TPSA) is 45.5 Å². The molecular weight excluding hydrogens is 449 g/mol. The quantitative estimate of drug-likeness (QED) is 0.343. The van der Waals surface area contributed by atoms with Crippen molar-refractivity contribution in [1.29, 1.82) is 0 Å². The van der Waals surface area contributed by atoms with Crippen molar-refractivity contribution in [1.82, 2.24) is 9.55 Å². The van der Waals surface area contributed by atoms with Gasteiger partial charge in [-0.15, -0.1) is 0 Å². The first-order valence-corrected chi connectivity index (χ1v) is 12.3. The maximum atomic E-state index is 5.95. The molecule has 1 saturated heterocycles. The third-order valence-corrected chi connectivity index (χ3v) is 6.32. The van der Waals surface area contributed by atoms with Crippen molar-refractivity contribution < 1.29 is 14.0 Å². The summed E-state index contributed by atoms with van der Waals surface area (Å²) in [6, 6.07) is 0. The van der Waals surface area contributed by atoms with Gasteiger partial charge in [-0.3, -0.25) is 0 Å². The minimum Gasteiger partial charge on any atom is -0.400 e. The van der Waals surface area contributed by atoms with Crippen molar-refractivity contribution in [3.63, 3.8) is 0 Å². The summed E-state index contributed by atoms with van der Waals surface area (Å²) in [4.78, 5) is 0. The molecule has 1 atom stereocenters. The van der Waals surface area contributed by atoms with Crippen molar-refractivity contribution in [3.05, 3.63) is 29.5 Å². The normalized spacial score (nSPS) is 18.8. The molecular formula is C17H29BIN2O3P. The van der Waals surface area contributed by atoms with E-state index in [0.717, 1.165) is 23.6 Å². The molecule has 0 spiro atoms. The maximum absolute atomic E-state index is 5.95. The van der Waals surface area contributed by atoms with Gasteiger partial charge in [0.05, 0.1) is 29.0 Å². The Morgan fingerprint density at radius 1 is 1.32 bits per heavy atom. The summed E-state index contributed by atoms with van der Waals surface area (Å²) >= 11 is 2.31. The largest absolute Gasteiger partial charge is 0.487 e. The third kappa shape index (κ3) is 5.63. The SMILES string of the molecule is C=Cc1c(C)c(/C=C/B2OC(C)(C)C(C)(C)O2)nn1PI.CCOC. The first-order valence-electron chi connectivity index (χ1n) is 8.25. The van der Waals surface area contributed by atoms with Gasteiger partial charge < -0.3 is 14.0 Å². The van der Waals surface area contributed by atoms with Gasteiger partial charge in [-0.2, -0.15) is 5.10 Å². The van der Waals surface area contributed by atoms with Crippen LogP contribution in [0, 0.1) is 6.92 Å². The molecule has 2 heterocycles. The number of nitrogens with zero attached hydrogens (tertiary/aromatic N) is 2. The molecule has 1 fully saturated rings. The molecule has 2 rings (SSSR count). The highest BCUT2D eigenvalue weighted by Gasteiger charge is 2.50. The molecule has 1 aromatic rings. The van der Waals surface area contributed by atoms with Crippen LogP contribution in [0.15, 0.2) is 12.6 Å². The fraction of sp³-hybridized carbons (Fsp3) is 0.588. The molecule has 25 heavy (non-hydrogen) atoms. The zero-order valence-corrected chi connectivity index (χ0v) is 19.4. The Kier molecular flexibility index (Phi) is 8.81. The van der Waals surface area contributed by atoms with Crippen molar-refractivity contribution >= 4 is 47.7 Å². The predicted octanol–water partition coefficient (Wildman–Crippen LogP) is 4.92. The lowest BCUT2D eigenvalue weighted by Crippen LogP contribution is -2.41. The van der Waals surface area contributed by atoms with Crippen LogP contribution in [0.5, 0.6) is 0 Å². The van der Waals surface area contributed by atoms with Crippen molar-refractivity contribution in [2.24, 2.45) is 0 Å². The average Bonchev–Trinajstić information content (AvgIpc) is 2.97. The lowest BCUT2D eigenvalue weighted by atomic mass is 9.89. The Morgan fingerprint density at radius 2 is 1.84 bits per heavy atom. The summed E-state index contributed by atoms with van der Waals surface area (Å²) in [6.07, 6.45) is 4.37. The second-order valence-electron chi connectivity index (χ2n) is 6.66. The van der Waals surface area contributed by atoms with E-state index in [2.05, 4.69) is 45.4 Å². The Hall–Kier alpha value is -0.205. The van der Waals surface area contributed by atoms with Crippen LogP contribution < -0.4 is 0 Å². The number of methoxy groups -OCH3 is 1. The van der Waals surface area contributed by atoms with E-state index in [1.807, 2.05) is 57.2 Å². The van der Waals surface area contributed by atoms with Gasteiger partial charge in [0.25, 0.3) is 0 Å². The van der Waals surface area contributed by atoms with Gasteiger partial charge in [0.1, 0.15) is 0 Å². The monoisotopic (exact) mass is 478 g/mol. The molecule has 8 heteroatoms. The third-order valence-electron chi connectivity index (χ3n) is 4.45. The van der Waals surface area contributed by atoms with E-state index in [1.165, 1.54) is 0 Å². The van der Waals surface area contributed by atoms with Crippen LogP contribution >= 0.6 is 28.4 Å². The Morgan fingerprint density at radius 3 is 2.20 bits per heavy atom. The first-order chi connectivity index (χ1) is 11.6. The zero-order valence-electron chi connectivity index (χ0n) is 16.2. The van der Waals surface area contributed by atoms with Gasteiger partial charge in [0, 0.05) is 19.3 Å². The zero-order chi connectivity index (χ0) is 19.3. The molecule has 0 N–H and O–H groups in total. The number of rotatable bonds is 5. The van der Waals surface area contributed by atoms with Crippen LogP contribution in [0.2, 0.25) is 0 Å². The molecule has 1 unspecified atom stereocenters. The lowest BCUT2D eigenvalue weighted by molar-refractivity contribution is 0.00578. The maximum Gasteiger partial charge on any atom is 0.487 e. The molecule has 5 nitrogen and oxygen atoms in total. The highest BCUT2D eigenvalue weighted by atomic mass is 127. The van der Waals surface area contributed by atoms with Crippen LogP contribution in [0.1, 0.15) is 51.6 Å². The Bertz CT molecular complexity index is 599. The molecule has 0 bridgehead atoms. The van der Waals surface area contributed by atoms with Gasteiger partial charge >= 0.3 is 7.12 Å². The second kappa shape index (κ2) is 9.65. The molecule has 140 valence electrons. The molecule has 1 aliphatic rings. The van der Waals surface area contributed by atoms with E-state index in [4.69, 9.17) is 9.31 Å². The van der Waals surface area contributed by atoms with E-state index in [-0.39, 0.29) is 18.3 Å². The van der Waals surface area contributed by atoms with Gasteiger partial charge in [0.15, 0.2) is 0 Å². The second-order valence-corrected chi connectivity index (χ2v) is 8.70. The van der Waals surface area contributed by atoms with Crippen molar-refractivity contribution in [3.8, 4) is 0 Å². The number of hydrogen-bond donors (Lipinski definition) is 0. The minimum atomic E-state index is -0.339. The Labute approximate surface area is 167 Å². The highest BCUT2D eigenvalue weighted by molar-refractivity contribution is 14.2. The number of ether oxygens (including phenoxy) is 1. The van der Waals surface area contributed by atoms with Crippen LogP contribution in [-0.4, -0.2) is 41.6 Å². The van der Waals surface area contributed by atoms with E-state index < -0.39 is 0 Å². The molecule has 1 aliphatic heterocycles. The fourth-order valence-electron chi connectivity index (χ4n) is 2.13. The fourth-order valence-corrected chi connectivity index (χ4v) is 3.72. The minimum absolute atomic E-state index is 0.313. The first kappa shape index (κ1) is 22.8. The van der Waals surface area contributed by atoms with E-state index in [0.29, 0.717) is 6.37 Å². The number of halogens is 1. The summed E-state index contributed by atoms with van der Waals surface area (Å²) in [5, 5.41) is 4.59. The van der Waals surface area contributed by atoms with Gasteiger partial charge in [-0.05, 0) is 75.7 Å². The van der Waals surface area contributed by atoms with Gasteiger partial charge in [0.2, 0.25) is 0 Å².